The second kappa shape index (κ2) is 9.62. The summed E-state index contributed by atoms with van der Waals surface area (Å²) in [6, 6.07) is 55.9. The lowest BCUT2D eigenvalue weighted by Crippen LogP contribution is -2.04. The first-order valence-corrected chi connectivity index (χ1v) is 15.6. The molecule has 6 aromatic carbocycles. The van der Waals surface area contributed by atoms with E-state index in [-0.39, 0.29) is 0 Å². The standard InChI is InChI=1S/C42H26N4/c1-3-13-27(14-4-1)35-26-36(28-15-5-2-6-16-28)44-42(43-35)46-39-22-12-9-19-31(39)33-24-32-30-18-8-11-21-38(30)45-37-20-10-7-17-29(37)23-40(45)34(32)25-41(33)46/h1-26H. The molecule has 0 atom stereocenters. The van der Waals surface area contributed by atoms with Gasteiger partial charge in [0, 0.05) is 38.1 Å². The van der Waals surface area contributed by atoms with Gasteiger partial charge in [-0.3, -0.25) is 4.57 Å². The molecule has 0 saturated heterocycles. The maximum absolute atomic E-state index is 5.25. The number of nitrogens with zero attached hydrogens (tertiary/aromatic N) is 4. The highest BCUT2D eigenvalue weighted by atomic mass is 15.2. The largest absolute Gasteiger partial charge is 0.309 e. The zero-order valence-corrected chi connectivity index (χ0v) is 24.8. The molecule has 4 aromatic heterocycles. The number of rotatable bonds is 3. The summed E-state index contributed by atoms with van der Waals surface area (Å²) in [5.74, 6) is 0.656. The lowest BCUT2D eigenvalue weighted by atomic mass is 10.0. The predicted octanol–water partition coefficient (Wildman–Crippen LogP) is 10.6. The summed E-state index contributed by atoms with van der Waals surface area (Å²) in [5.41, 5.74) is 9.68. The van der Waals surface area contributed by atoms with Gasteiger partial charge in [-0.15, -0.1) is 0 Å². The van der Waals surface area contributed by atoms with E-state index in [2.05, 4.69) is 155 Å². The molecule has 4 heteroatoms. The fourth-order valence-corrected chi connectivity index (χ4v) is 7.22. The fourth-order valence-electron chi connectivity index (χ4n) is 7.22. The maximum atomic E-state index is 5.25. The summed E-state index contributed by atoms with van der Waals surface area (Å²) >= 11 is 0. The van der Waals surface area contributed by atoms with Crippen molar-refractivity contribution >= 4 is 59.9 Å². The SMILES string of the molecule is c1ccc(-c2cc(-c3ccccc3)nc(-n3c4ccccc4c4cc5c6ccccc6n6c7ccccc7cc6c5cc43)n2)cc1. The Morgan fingerprint density at radius 2 is 0.891 bits per heavy atom. The van der Waals surface area contributed by atoms with Crippen LogP contribution < -0.4 is 0 Å². The van der Waals surface area contributed by atoms with Crippen LogP contribution in [-0.4, -0.2) is 18.9 Å². The maximum Gasteiger partial charge on any atom is 0.235 e. The molecule has 0 radical (unpaired) electrons. The average Bonchev–Trinajstić information content (AvgIpc) is 3.68. The fraction of sp³-hybridized carbons (Fsp3) is 0. The van der Waals surface area contributed by atoms with Crippen molar-refractivity contribution in [3.63, 3.8) is 0 Å². The van der Waals surface area contributed by atoms with Gasteiger partial charge in [-0.25, -0.2) is 9.97 Å². The molecule has 4 heterocycles. The molecule has 0 aliphatic carbocycles. The molecule has 0 unspecified atom stereocenters. The number of aromatic nitrogens is 4. The Balaban J connectivity index is 1.37. The quantitative estimate of drug-likeness (QED) is 0.193. The Labute approximate surface area is 264 Å². The monoisotopic (exact) mass is 586 g/mol. The van der Waals surface area contributed by atoms with E-state index in [4.69, 9.17) is 9.97 Å². The molecule has 0 aliphatic rings. The first-order chi connectivity index (χ1) is 22.8. The first-order valence-electron chi connectivity index (χ1n) is 15.6. The van der Waals surface area contributed by atoms with Crippen molar-refractivity contribution in [1.82, 2.24) is 18.9 Å². The van der Waals surface area contributed by atoms with Crippen LogP contribution in [0.4, 0.5) is 0 Å². The normalized spacial score (nSPS) is 11.9. The van der Waals surface area contributed by atoms with Gasteiger partial charge in [0.2, 0.25) is 5.95 Å². The van der Waals surface area contributed by atoms with Crippen LogP contribution >= 0.6 is 0 Å². The van der Waals surface area contributed by atoms with E-state index in [1.807, 2.05) is 12.1 Å². The molecule has 0 bridgehead atoms. The van der Waals surface area contributed by atoms with Crippen molar-refractivity contribution in [3.05, 3.63) is 158 Å². The van der Waals surface area contributed by atoms with Gasteiger partial charge in [0.05, 0.1) is 39.0 Å². The van der Waals surface area contributed by atoms with Crippen LogP contribution in [0, 0.1) is 0 Å². The molecule has 0 saturated carbocycles. The highest BCUT2D eigenvalue weighted by Crippen LogP contribution is 2.40. The van der Waals surface area contributed by atoms with Crippen LogP contribution in [0.1, 0.15) is 0 Å². The Hall–Kier alpha value is -6.26. The van der Waals surface area contributed by atoms with Gasteiger partial charge >= 0.3 is 0 Å². The van der Waals surface area contributed by atoms with Crippen molar-refractivity contribution < 1.29 is 0 Å². The number of fused-ring (bicyclic) bond motifs is 11. The summed E-state index contributed by atoms with van der Waals surface area (Å²) in [5, 5.41) is 7.27. The van der Waals surface area contributed by atoms with Crippen molar-refractivity contribution in [2.45, 2.75) is 0 Å². The number of benzene rings is 6. The lowest BCUT2D eigenvalue weighted by molar-refractivity contribution is 0.996. The molecule has 0 fully saturated rings. The molecule has 0 aliphatic heterocycles. The summed E-state index contributed by atoms with van der Waals surface area (Å²) < 4.78 is 4.66. The van der Waals surface area contributed by atoms with E-state index in [0.29, 0.717) is 5.95 Å². The molecule has 0 spiro atoms. The van der Waals surface area contributed by atoms with E-state index < -0.39 is 0 Å². The highest BCUT2D eigenvalue weighted by Gasteiger charge is 2.20. The molecule has 0 N–H and O–H groups in total. The van der Waals surface area contributed by atoms with E-state index in [1.54, 1.807) is 0 Å². The van der Waals surface area contributed by atoms with Crippen LogP contribution in [0.2, 0.25) is 0 Å². The Morgan fingerprint density at radius 3 is 1.59 bits per heavy atom. The van der Waals surface area contributed by atoms with E-state index in [0.717, 1.165) is 33.5 Å². The molecule has 0 amide bonds. The third kappa shape index (κ3) is 3.61. The summed E-state index contributed by atoms with van der Waals surface area (Å²) in [6.07, 6.45) is 0. The molecular formula is C42H26N4. The predicted molar refractivity (Wildman–Crippen MR) is 191 cm³/mol. The lowest BCUT2D eigenvalue weighted by Gasteiger charge is -2.13. The molecule has 214 valence electrons. The summed E-state index contributed by atoms with van der Waals surface area (Å²) in [4.78, 5) is 10.5. The van der Waals surface area contributed by atoms with Crippen LogP contribution in [0.15, 0.2) is 158 Å². The number of hydrogen-bond donors (Lipinski definition) is 0. The molecule has 10 rings (SSSR count). The zero-order chi connectivity index (χ0) is 30.2. The van der Waals surface area contributed by atoms with Gasteiger partial charge in [0.25, 0.3) is 0 Å². The van der Waals surface area contributed by atoms with Gasteiger partial charge < -0.3 is 4.40 Å². The number of hydrogen-bond acceptors (Lipinski definition) is 2. The first kappa shape index (κ1) is 25.1. The summed E-state index contributed by atoms with van der Waals surface area (Å²) in [6.45, 7) is 0. The Kier molecular flexibility index (Phi) is 5.25. The second-order valence-electron chi connectivity index (χ2n) is 11.9. The molecular weight excluding hydrogens is 560 g/mol. The average molecular weight is 587 g/mol. The van der Waals surface area contributed by atoms with Crippen LogP contribution in [-0.2, 0) is 0 Å². The molecule has 10 aromatic rings. The minimum Gasteiger partial charge on any atom is -0.309 e. The Morgan fingerprint density at radius 1 is 0.348 bits per heavy atom. The van der Waals surface area contributed by atoms with Gasteiger partial charge in [0.15, 0.2) is 0 Å². The number of para-hydroxylation sites is 3. The van der Waals surface area contributed by atoms with Gasteiger partial charge in [0.1, 0.15) is 0 Å². The van der Waals surface area contributed by atoms with Crippen LogP contribution in [0.3, 0.4) is 0 Å². The van der Waals surface area contributed by atoms with Crippen LogP contribution in [0.5, 0.6) is 0 Å². The highest BCUT2D eigenvalue weighted by molar-refractivity contribution is 6.22. The smallest absolute Gasteiger partial charge is 0.235 e. The van der Waals surface area contributed by atoms with Crippen molar-refractivity contribution in [1.29, 1.82) is 0 Å². The topological polar surface area (TPSA) is 35.1 Å². The van der Waals surface area contributed by atoms with Gasteiger partial charge in [-0.05, 0) is 47.9 Å². The van der Waals surface area contributed by atoms with Crippen LogP contribution in [0.25, 0.3) is 88.4 Å². The molecule has 4 nitrogen and oxygen atoms in total. The minimum atomic E-state index is 0.656. The van der Waals surface area contributed by atoms with E-state index in [1.165, 1.54) is 48.9 Å². The Bertz CT molecular complexity index is 2730. The van der Waals surface area contributed by atoms with Crippen molar-refractivity contribution in [3.8, 4) is 28.5 Å². The van der Waals surface area contributed by atoms with Crippen molar-refractivity contribution in [2.75, 3.05) is 0 Å². The van der Waals surface area contributed by atoms with E-state index in [9.17, 15) is 0 Å². The van der Waals surface area contributed by atoms with Gasteiger partial charge in [-0.2, -0.15) is 0 Å². The molecule has 46 heavy (non-hydrogen) atoms. The number of pyridine rings is 1. The minimum absolute atomic E-state index is 0.656. The zero-order valence-electron chi connectivity index (χ0n) is 24.8. The van der Waals surface area contributed by atoms with E-state index >= 15 is 0 Å². The van der Waals surface area contributed by atoms with Crippen molar-refractivity contribution in [2.24, 2.45) is 0 Å². The second-order valence-corrected chi connectivity index (χ2v) is 11.9. The third-order valence-corrected chi connectivity index (χ3v) is 9.29. The summed E-state index contributed by atoms with van der Waals surface area (Å²) in [7, 11) is 0. The third-order valence-electron chi connectivity index (χ3n) is 9.29. The van der Waals surface area contributed by atoms with Gasteiger partial charge in [-0.1, -0.05) is 115 Å².